The lowest BCUT2D eigenvalue weighted by Crippen LogP contribution is -2.50. The van der Waals surface area contributed by atoms with E-state index in [9.17, 15) is 9.59 Å². The van der Waals surface area contributed by atoms with Crippen molar-refractivity contribution in [2.75, 3.05) is 32.8 Å². The Morgan fingerprint density at radius 3 is 2.45 bits per heavy atom. The van der Waals surface area contributed by atoms with Gasteiger partial charge in [0.2, 0.25) is 5.91 Å². The number of nitrogens with zero attached hydrogens (tertiary/aromatic N) is 2. The highest BCUT2D eigenvalue weighted by atomic mass is 35.5. The van der Waals surface area contributed by atoms with Crippen LogP contribution in [0.2, 0.25) is 5.02 Å². The van der Waals surface area contributed by atoms with Gasteiger partial charge in [-0.25, -0.2) is 0 Å². The molecule has 2 aliphatic heterocycles. The number of hydrogen-bond acceptors (Lipinski definition) is 3. The van der Waals surface area contributed by atoms with E-state index in [4.69, 9.17) is 16.3 Å². The molecule has 0 atom stereocenters. The average Bonchev–Trinajstić information content (AvgIpc) is 2.77. The fourth-order valence-electron chi connectivity index (χ4n) is 3.44. The molecule has 5 nitrogen and oxygen atoms in total. The summed E-state index contributed by atoms with van der Waals surface area (Å²) in [5.41, 5.74) is 2.49. The zero-order chi connectivity index (χ0) is 20.2. The van der Waals surface area contributed by atoms with Gasteiger partial charge in [0.05, 0.1) is 0 Å². The van der Waals surface area contributed by atoms with Crippen LogP contribution in [0.1, 0.15) is 15.9 Å². The molecule has 0 aromatic heterocycles. The number of halogens is 1. The zero-order valence-electron chi connectivity index (χ0n) is 15.9. The van der Waals surface area contributed by atoms with Gasteiger partial charge in [-0.3, -0.25) is 9.59 Å². The molecule has 0 aliphatic carbocycles. The number of piperazine rings is 1. The molecule has 0 spiro atoms. The van der Waals surface area contributed by atoms with Gasteiger partial charge in [-0.1, -0.05) is 35.9 Å². The van der Waals surface area contributed by atoms with Crippen molar-refractivity contribution in [3.05, 3.63) is 82.4 Å². The van der Waals surface area contributed by atoms with E-state index in [1.807, 2.05) is 48.5 Å². The monoisotopic (exact) mass is 408 g/mol. The van der Waals surface area contributed by atoms with Gasteiger partial charge in [0.15, 0.2) is 0 Å². The van der Waals surface area contributed by atoms with Crippen LogP contribution in [0.3, 0.4) is 0 Å². The fourth-order valence-corrected chi connectivity index (χ4v) is 3.62. The number of ether oxygens (including phenoxy) is 1. The van der Waals surface area contributed by atoms with Crippen molar-refractivity contribution in [1.29, 1.82) is 0 Å². The van der Waals surface area contributed by atoms with Crippen molar-refractivity contribution in [2.24, 2.45) is 0 Å². The minimum Gasteiger partial charge on any atom is -0.488 e. The molecule has 0 unspecified atom stereocenters. The summed E-state index contributed by atoms with van der Waals surface area (Å²) in [5.74, 6) is 0.738. The normalized spacial score (nSPS) is 16.2. The molecule has 2 amide bonds. The second-order valence-electron chi connectivity index (χ2n) is 7.01. The highest BCUT2D eigenvalue weighted by Gasteiger charge is 2.23. The van der Waals surface area contributed by atoms with Gasteiger partial charge in [-0.2, -0.15) is 0 Å². The minimum atomic E-state index is -0.0606. The molecule has 0 saturated carbocycles. The predicted octanol–water partition coefficient (Wildman–Crippen LogP) is 3.66. The van der Waals surface area contributed by atoms with Gasteiger partial charge in [0, 0.05) is 48.4 Å². The molecule has 2 aromatic carbocycles. The maximum atomic E-state index is 12.5. The van der Waals surface area contributed by atoms with Crippen LogP contribution >= 0.6 is 11.6 Å². The number of benzene rings is 2. The summed E-state index contributed by atoms with van der Waals surface area (Å²) in [6.07, 6.45) is 5.33. The van der Waals surface area contributed by atoms with Crippen LogP contribution in [0.4, 0.5) is 0 Å². The van der Waals surface area contributed by atoms with Crippen LogP contribution in [-0.4, -0.2) is 54.4 Å². The molecule has 2 aromatic rings. The maximum absolute atomic E-state index is 12.5. The fraction of sp³-hybridized carbons (Fsp3) is 0.217. The first-order valence-corrected chi connectivity index (χ1v) is 9.92. The summed E-state index contributed by atoms with van der Waals surface area (Å²) in [5, 5.41) is 0.646. The van der Waals surface area contributed by atoms with Gasteiger partial charge in [0.25, 0.3) is 5.91 Å². The average molecular weight is 409 g/mol. The Bertz CT molecular complexity index is 977. The molecule has 2 heterocycles. The number of carbonyl (C=O) groups excluding carboxylic acids is 2. The smallest absolute Gasteiger partial charge is 0.253 e. The highest BCUT2D eigenvalue weighted by molar-refractivity contribution is 6.30. The summed E-state index contributed by atoms with van der Waals surface area (Å²) >= 11 is 6.03. The van der Waals surface area contributed by atoms with Crippen LogP contribution in [-0.2, 0) is 4.79 Å². The molecule has 1 fully saturated rings. The highest BCUT2D eigenvalue weighted by Crippen LogP contribution is 2.29. The lowest BCUT2D eigenvalue weighted by molar-refractivity contribution is -0.127. The van der Waals surface area contributed by atoms with Gasteiger partial charge >= 0.3 is 0 Å². The molecule has 29 heavy (non-hydrogen) atoms. The first-order valence-electron chi connectivity index (χ1n) is 9.54. The second kappa shape index (κ2) is 8.53. The second-order valence-corrected chi connectivity index (χ2v) is 7.44. The molecule has 0 N–H and O–H groups in total. The Morgan fingerprint density at radius 2 is 1.69 bits per heavy atom. The molecular weight excluding hydrogens is 388 g/mol. The Hall–Kier alpha value is -3.05. The number of hydrogen-bond donors (Lipinski definition) is 0. The Balaban J connectivity index is 1.34. The van der Waals surface area contributed by atoms with Crippen LogP contribution < -0.4 is 4.74 Å². The molecule has 0 radical (unpaired) electrons. The van der Waals surface area contributed by atoms with E-state index in [0.29, 0.717) is 43.4 Å². The van der Waals surface area contributed by atoms with E-state index in [2.05, 4.69) is 0 Å². The number of carbonyl (C=O) groups is 2. The first kappa shape index (κ1) is 19.3. The SMILES string of the molecule is O=C(/C=C/C1=Cc2cc(Cl)ccc2OC1)N1CCN(C(=O)c2ccccc2)CC1. The molecular formula is C23H21ClN2O3. The van der Waals surface area contributed by atoms with E-state index in [1.54, 1.807) is 28.0 Å². The van der Waals surface area contributed by atoms with E-state index >= 15 is 0 Å². The van der Waals surface area contributed by atoms with Crippen LogP contribution in [0.5, 0.6) is 5.75 Å². The largest absolute Gasteiger partial charge is 0.488 e. The maximum Gasteiger partial charge on any atom is 0.253 e. The topological polar surface area (TPSA) is 49.9 Å². The Kier molecular flexibility index (Phi) is 5.67. The van der Waals surface area contributed by atoms with Crippen molar-refractivity contribution in [3.8, 4) is 5.75 Å². The van der Waals surface area contributed by atoms with Gasteiger partial charge in [0.1, 0.15) is 12.4 Å². The van der Waals surface area contributed by atoms with E-state index in [-0.39, 0.29) is 11.8 Å². The molecule has 4 rings (SSSR count). The van der Waals surface area contributed by atoms with Crippen LogP contribution in [0.25, 0.3) is 6.08 Å². The lowest BCUT2D eigenvalue weighted by atomic mass is 10.1. The predicted molar refractivity (Wildman–Crippen MR) is 113 cm³/mol. The third-order valence-corrected chi connectivity index (χ3v) is 5.28. The van der Waals surface area contributed by atoms with E-state index < -0.39 is 0 Å². The van der Waals surface area contributed by atoms with Crippen molar-refractivity contribution in [3.63, 3.8) is 0 Å². The van der Waals surface area contributed by atoms with E-state index in [0.717, 1.165) is 16.9 Å². The van der Waals surface area contributed by atoms with Crippen molar-refractivity contribution < 1.29 is 14.3 Å². The van der Waals surface area contributed by atoms with Gasteiger partial charge < -0.3 is 14.5 Å². The van der Waals surface area contributed by atoms with Crippen LogP contribution in [0.15, 0.2) is 66.3 Å². The van der Waals surface area contributed by atoms with E-state index in [1.165, 1.54) is 0 Å². The van der Waals surface area contributed by atoms with Crippen molar-refractivity contribution >= 4 is 29.5 Å². The molecule has 1 saturated heterocycles. The molecule has 0 bridgehead atoms. The molecule has 148 valence electrons. The minimum absolute atomic E-state index is 0.00933. The first-order chi connectivity index (χ1) is 14.1. The standard InChI is InChI=1S/C23H21ClN2O3/c24-20-7-8-21-19(15-20)14-17(16-29-21)6-9-22(27)25-10-12-26(13-11-25)23(28)18-4-2-1-3-5-18/h1-9,14-15H,10-13,16H2/b9-6+. The third kappa shape index (κ3) is 4.51. The van der Waals surface area contributed by atoms with Gasteiger partial charge in [-0.15, -0.1) is 0 Å². The van der Waals surface area contributed by atoms with Crippen molar-refractivity contribution in [2.45, 2.75) is 0 Å². The molecule has 6 heteroatoms. The summed E-state index contributed by atoms with van der Waals surface area (Å²) in [6, 6.07) is 14.7. The molecule has 2 aliphatic rings. The third-order valence-electron chi connectivity index (χ3n) is 5.05. The number of fused-ring (bicyclic) bond motifs is 1. The lowest BCUT2D eigenvalue weighted by Gasteiger charge is -2.34. The summed E-state index contributed by atoms with van der Waals surface area (Å²) in [7, 11) is 0. The number of amides is 2. The number of rotatable bonds is 3. The zero-order valence-corrected chi connectivity index (χ0v) is 16.6. The Labute approximate surface area is 174 Å². The Morgan fingerprint density at radius 1 is 0.966 bits per heavy atom. The van der Waals surface area contributed by atoms with Crippen LogP contribution in [0, 0.1) is 0 Å². The summed E-state index contributed by atoms with van der Waals surface area (Å²) in [6.45, 7) is 2.53. The summed E-state index contributed by atoms with van der Waals surface area (Å²) < 4.78 is 5.70. The quantitative estimate of drug-likeness (QED) is 0.728. The van der Waals surface area contributed by atoms with Gasteiger partial charge in [-0.05, 0) is 42.0 Å². The van der Waals surface area contributed by atoms with Crippen molar-refractivity contribution in [1.82, 2.24) is 9.80 Å². The summed E-state index contributed by atoms with van der Waals surface area (Å²) in [4.78, 5) is 28.6.